The van der Waals surface area contributed by atoms with Gasteiger partial charge in [0.2, 0.25) is 0 Å². The van der Waals surface area contributed by atoms with Crippen LogP contribution in [0.25, 0.3) is 0 Å². The molecular weight excluding hydrogens is 340 g/mol. The van der Waals surface area contributed by atoms with Gasteiger partial charge in [0.15, 0.2) is 11.5 Å². The minimum atomic E-state index is -0.208. The lowest BCUT2D eigenvalue weighted by molar-refractivity contribution is -0.135. The highest BCUT2D eigenvalue weighted by atomic mass is 16.5. The molecule has 0 aliphatic heterocycles. The number of benzene rings is 1. The second-order valence-corrected chi connectivity index (χ2v) is 9.35. The van der Waals surface area contributed by atoms with Gasteiger partial charge in [-0.05, 0) is 80.4 Å². The normalized spacial score (nSPS) is 15.5. The Kier molecular flexibility index (Phi) is 7.58. The number of aryl methyl sites for hydroxylation is 2. The van der Waals surface area contributed by atoms with Crippen molar-refractivity contribution in [1.82, 2.24) is 0 Å². The molecule has 1 fully saturated rings. The molecule has 1 aromatic carbocycles. The summed E-state index contributed by atoms with van der Waals surface area (Å²) in [4.78, 5) is 10.5. The first-order valence-corrected chi connectivity index (χ1v) is 10.4. The fraction of sp³-hybridized carbons (Fsp3) is 0.696. The largest absolute Gasteiger partial charge is 0.504 e. The van der Waals surface area contributed by atoms with Crippen LogP contribution in [0.2, 0.25) is 0 Å². The van der Waals surface area contributed by atoms with E-state index in [-0.39, 0.29) is 17.1 Å². The number of aromatic hydroxyl groups is 2. The smallest absolute Gasteiger partial charge is 0.293 e. The summed E-state index contributed by atoms with van der Waals surface area (Å²) in [7, 11) is 0. The van der Waals surface area contributed by atoms with E-state index in [4.69, 9.17) is 4.74 Å². The van der Waals surface area contributed by atoms with Crippen LogP contribution < -0.4 is 0 Å². The predicted octanol–water partition coefficient (Wildman–Crippen LogP) is 5.67. The number of phenols is 2. The molecule has 4 nitrogen and oxygen atoms in total. The summed E-state index contributed by atoms with van der Waals surface area (Å²) in [5.74, 6) is -0.00287. The van der Waals surface area contributed by atoms with Gasteiger partial charge in [0.1, 0.15) is 5.60 Å². The summed E-state index contributed by atoms with van der Waals surface area (Å²) in [5.41, 5.74) is 2.10. The number of ether oxygens (including phenoxy) is 1. The minimum Gasteiger partial charge on any atom is -0.504 e. The monoisotopic (exact) mass is 376 g/mol. The number of carbonyl (C=O) groups excluding carboxylic acids is 1. The van der Waals surface area contributed by atoms with E-state index in [1.165, 1.54) is 19.3 Å². The van der Waals surface area contributed by atoms with E-state index in [0.29, 0.717) is 11.9 Å². The number of unbranched alkanes of at least 4 members (excludes halogenated alkanes) is 3. The van der Waals surface area contributed by atoms with Crippen LogP contribution >= 0.6 is 0 Å². The maximum absolute atomic E-state index is 10.5. The zero-order valence-corrected chi connectivity index (χ0v) is 17.2. The maximum Gasteiger partial charge on any atom is 0.293 e. The standard InChI is InChI=1S/C23H36O4/c1-22(2,3)11-7-4-5-9-18-15-19(21(26)20(25)16-18)10-6-8-12-23(13-14-23)27-17-24/h15-17,25-26H,4-14H2,1-3H3. The summed E-state index contributed by atoms with van der Waals surface area (Å²) >= 11 is 0. The van der Waals surface area contributed by atoms with Gasteiger partial charge in [-0.1, -0.05) is 39.7 Å². The summed E-state index contributed by atoms with van der Waals surface area (Å²) in [6.45, 7) is 7.37. The lowest BCUT2D eigenvalue weighted by Gasteiger charge is -2.17. The van der Waals surface area contributed by atoms with Crippen LogP contribution in [-0.2, 0) is 22.4 Å². The zero-order chi connectivity index (χ0) is 19.9. The summed E-state index contributed by atoms with van der Waals surface area (Å²) in [6, 6.07) is 3.73. The Morgan fingerprint density at radius 3 is 2.37 bits per heavy atom. The van der Waals surface area contributed by atoms with Crippen molar-refractivity contribution >= 4 is 6.47 Å². The van der Waals surface area contributed by atoms with Gasteiger partial charge in [-0.25, -0.2) is 0 Å². The minimum absolute atomic E-state index is 0.0109. The molecule has 0 atom stereocenters. The summed E-state index contributed by atoms with van der Waals surface area (Å²) in [6.07, 6.45) is 11.1. The van der Waals surface area contributed by atoms with Crippen LogP contribution in [0.15, 0.2) is 12.1 Å². The van der Waals surface area contributed by atoms with Gasteiger partial charge in [-0.2, -0.15) is 0 Å². The molecule has 0 bridgehead atoms. The second kappa shape index (κ2) is 9.48. The molecule has 1 saturated carbocycles. The van der Waals surface area contributed by atoms with Crippen molar-refractivity contribution in [2.45, 2.75) is 97.0 Å². The Labute approximate surface area is 163 Å². The highest BCUT2D eigenvalue weighted by Crippen LogP contribution is 2.43. The van der Waals surface area contributed by atoms with Gasteiger partial charge in [-0.3, -0.25) is 4.79 Å². The Morgan fingerprint density at radius 1 is 1.04 bits per heavy atom. The van der Waals surface area contributed by atoms with Crippen molar-refractivity contribution < 1.29 is 19.7 Å². The number of hydrogen-bond donors (Lipinski definition) is 2. The van der Waals surface area contributed by atoms with E-state index in [9.17, 15) is 15.0 Å². The first-order chi connectivity index (χ1) is 12.7. The Hall–Kier alpha value is -1.71. The molecule has 1 aliphatic rings. The zero-order valence-electron chi connectivity index (χ0n) is 17.2. The quantitative estimate of drug-likeness (QED) is 0.280. The molecule has 1 aliphatic carbocycles. The average molecular weight is 377 g/mol. The third kappa shape index (κ3) is 7.43. The Balaban J connectivity index is 1.77. The fourth-order valence-electron chi connectivity index (χ4n) is 3.67. The van der Waals surface area contributed by atoms with Crippen LogP contribution in [0.3, 0.4) is 0 Å². The molecule has 0 spiro atoms. The lowest BCUT2D eigenvalue weighted by Crippen LogP contribution is -2.12. The lowest BCUT2D eigenvalue weighted by atomic mass is 9.89. The van der Waals surface area contributed by atoms with Crippen LogP contribution in [0.4, 0.5) is 0 Å². The predicted molar refractivity (Wildman–Crippen MR) is 108 cm³/mol. The number of rotatable bonds is 12. The number of carbonyl (C=O) groups is 1. The molecule has 0 saturated heterocycles. The number of phenolic OH excluding ortho intramolecular Hbond substituents is 2. The van der Waals surface area contributed by atoms with Gasteiger partial charge in [0.25, 0.3) is 6.47 Å². The molecule has 0 unspecified atom stereocenters. The fourth-order valence-corrected chi connectivity index (χ4v) is 3.67. The van der Waals surface area contributed by atoms with E-state index < -0.39 is 0 Å². The van der Waals surface area contributed by atoms with Gasteiger partial charge < -0.3 is 14.9 Å². The summed E-state index contributed by atoms with van der Waals surface area (Å²) in [5, 5.41) is 20.2. The molecule has 2 N–H and O–H groups in total. The second-order valence-electron chi connectivity index (χ2n) is 9.35. The van der Waals surface area contributed by atoms with E-state index in [0.717, 1.165) is 62.5 Å². The third-order valence-corrected chi connectivity index (χ3v) is 5.56. The van der Waals surface area contributed by atoms with Crippen LogP contribution in [0.5, 0.6) is 11.5 Å². The number of hydrogen-bond acceptors (Lipinski definition) is 4. The molecule has 152 valence electrons. The van der Waals surface area contributed by atoms with Gasteiger partial charge in [0.05, 0.1) is 0 Å². The van der Waals surface area contributed by atoms with Crippen molar-refractivity contribution in [2.75, 3.05) is 0 Å². The maximum atomic E-state index is 10.5. The van der Waals surface area contributed by atoms with E-state index in [1.54, 1.807) is 6.07 Å². The topological polar surface area (TPSA) is 66.8 Å². The first-order valence-electron chi connectivity index (χ1n) is 10.4. The average Bonchev–Trinajstić information content (AvgIpc) is 3.34. The van der Waals surface area contributed by atoms with E-state index in [2.05, 4.69) is 20.8 Å². The molecule has 1 aromatic rings. The molecule has 0 amide bonds. The van der Waals surface area contributed by atoms with Crippen molar-refractivity contribution in [2.24, 2.45) is 5.41 Å². The SMILES string of the molecule is CC(C)(C)CCCCCc1cc(O)c(O)c(CCCCC2(OC=O)CC2)c1. The van der Waals surface area contributed by atoms with Crippen molar-refractivity contribution in [1.29, 1.82) is 0 Å². The molecule has 0 heterocycles. The molecule has 2 rings (SSSR count). The van der Waals surface area contributed by atoms with Crippen LogP contribution in [0, 0.1) is 5.41 Å². The van der Waals surface area contributed by atoms with E-state index >= 15 is 0 Å². The van der Waals surface area contributed by atoms with Gasteiger partial charge >= 0.3 is 0 Å². The molecule has 0 aromatic heterocycles. The van der Waals surface area contributed by atoms with Gasteiger partial charge in [-0.15, -0.1) is 0 Å². The van der Waals surface area contributed by atoms with Gasteiger partial charge in [0, 0.05) is 0 Å². The molecule has 27 heavy (non-hydrogen) atoms. The molecule has 4 heteroatoms. The molecule has 0 radical (unpaired) electrons. The highest BCUT2D eigenvalue weighted by Gasteiger charge is 2.44. The van der Waals surface area contributed by atoms with Crippen molar-refractivity contribution in [3.63, 3.8) is 0 Å². The Morgan fingerprint density at radius 2 is 1.74 bits per heavy atom. The first kappa shape index (κ1) is 21.6. The Bertz CT molecular complexity index is 612. The van der Waals surface area contributed by atoms with Crippen LogP contribution in [-0.4, -0.2) is 22.3 Å². The molecular formula is C23H36O4. The summed E-state index contributed by atoms with van der Waals surface area (Å²) < 4.78 is 5.17. The van der Waals surface area contributed by atoms with E-state index in [1.807, 2.05) is 6.07 Å². The highest BCUT2D eigenvalue weighted by molar-refractivity contribution is 5.47. The van der Waals surface area contributed by atoms with Crippen LogP contribution in [0.1, 0.15) is 89.7 Å². The van der Waals surface area contributed by atoms with Crippen molar-refractivity contribution in [3.05, 3.63) is 23.3 Å². The van der Waals surface area contributed by atoms with Crippen molar-refractivity contribution in [3.8, 4) is 11.5 Å². The third-order valence-electron chi connectivity index (χ3n) is 5.56.